The van der Waals surface area contributed by atoms with Crippen molar-refractivity contribution in [2.75, 3.05) is 13.1 Å². The van der Waals surface area contributed by atoms with E-state index in [1.165, 1.54) is 0 Å². The van der Waals surface area contributed by atoms with Gasteiger partial charge in [0.05, 0.1) is 17.8 Å². The number of rotatable bonds is 6. The van der Waals surface area contributed by atoms with E-state index in [2.05, 4.69) is 14.9 Å². The van der Waals surface area contributed by atoms with Crippen molar-refractivity contribution in [3.05, 3.63) is 53.1 Å². The number of aromatic nitrogens is 2. The molecule has 21 heavy (non-hydrogen) atoms. The van der Waals surface area contributed by atoms with Crippen LogP contribution in [0.25, 0.3) is 0 Å². The summed E-state index contributed by atoms with van der Waals surface area (Å²) in [5, 5.41) is 2.90. The van der Waals surface area contributed by atoms with Crippen LogP contribution in [0.3, 0.4) is 0 Å². The predicted octanol–water partition coefficient (Wildman–Crippen LogP) is 1.63. The number of pyridine rings is 1. The highest BCUT2D eigenvalue weighted by Crippen LogP contribution is 2.16. The van der Waals surface area contributed by atoms with Crippen LogP contribution in [0.15, 0.2) is 30.5 Å². The molecule has 2 aromatic heterocycles. The second-order valence-corrected chi connectivity index (χ2v) is 5.09. The minimum Gasteiger partial charge on any atom is -0.352 e. The van der Waals surface area contributed by atoms with Gasteiger partial charge in [0.15, 0.2) is 0 Å². The monoisotopic (exact) mass is 286 g/mol. The number of nitrogens with one attached hydrogen (secondary N) is 1. The van der Waals surface area contributed by atoms with Crippen molar-refractivity contribution in [3.63, 3.8) is 0 Å². The lowest BCUT2D eigenvalue weighted by Crippen LogP contribution is -2.26. The van der Waals surface area contributed by atoms with E-state index >= 15 is 0 Å². The molecule has 0 saturated heterocycles. The van der Waals surface area contributed by atoms with Gasteiger partial charge in [-0.15, -0.1) is 0 Å². The maximum Gasteiger partial charge on any atom is 0.253 e. The van der Waals surface area contributed by atoms with Gasteiger partial charge in [-0.3, -0.25) is 9.78 Å². The molecule has 0 spiro atoms. The van der Waals surface area contributed by atoms with E-state index in [9.17, 15) is 4.79 Å². The molecule has 0 atom stereocenters. The summed E-state index contributed by atoms with van der Waals surface area (Å²) in [5.74, 6) is -0.0381. The van der Waals surface area contributed by atoms with Gasteiger partial charge in [-0.25, -0.2) is 0 Å². The Labute approximate surface area is 125 Å². The van der Waals surface area contributed by atoms with E-state index in [-0.39, 0.29) is 5.91 Å². The molecular formula is C16H22N4O. The van der Waals surface area contributed by atoms with E-state index in [0.29, 0.717) is 19.6 Å². The number of nitrogens with two attached hydrogens (primary N) is 1. The number of hydrogen-bond donors (Lipinski definition) is 2. The summed E-state index contributed by atoms with van der Waals surface area (Å²) in [6, 6.07) is 7.78. The molecular weight excluding hydrogens is 264 g/mol. The fourth-order valence-electron chi connectivity index (χ4n) is 2.33. The molecule has 5 heteroatoms. The van der Waals surface area contributed by atoms with Crippen LogP contribution in [0.1, 0.15) is 33.9 Å². The summed E-state index contributed by atoms with van der Waals surface area (Å²) in [4.78, 5) is 16.5. The Morgan fingerprint density at radius 1 is 1.38 bits per heavy atom. The van der Waals surface area contributed by atoms with Gasteiger partial charge in [0.1, 0.15) is 0 Å². The van der Waals surface area contributed by atoms with Crippen LogP contribution >= 0.6 is 0 Å². The van der Waals surface area contributed by atoms with E-state index in [1.54, 1.807) is 6.20 Å². The zero-order chi connectivity index (χ0) is 15.2. The smallest absolute Gasteiger partial charge is 0.253 e. The van der Waals surface area contributed by atoms with Crippen molar-refractivity contribution in [2.45, 2.75) is 26.8 Å². The Bertz CT molecular complexity index is 604. The lowest BCUT2D eigenvalue weighted by atomic mass is 10.2. The maximum atomic E-state index is 12.2. The van der Waals surface area contributed by atoms with Crippen molar-refractivity contribution >= 4 is 5.91 Å². The first-order valence-electron chi connectivity index (χ1n) is 7.18. The lowest BCUT2D eigenvalue weighted by Gasteiger charge is -2.09. The predicted molar refractivity (Wildman–Crippen MR) is 83.2 cm³/mol. The summed E-state index contributed by atoms with van der Waals surface area (Å²) in [6.07, 6.45) is 2.57. The molecule has 0 saturated carbocycles. The van der Waals surface area contributed by atoms with E-state index < -0.39 is 0 Å². The Morgan fingerprint density at radius 3 is 2.86 bits per heavy atom. The molecule has 0 aliphatic carbocycles. The number of nitrogens with zero attached hydrogens (tertiary/aromatic N) is 2. The third-order valence-electron chi connectivity index (χ3n) is 3.53. The zero-order valence-electron chi connectivity index (χ0n) is 12.6. The van der Waals surface area contributed by atoms with Crippen LogP contribution in [0, 0.1) is 13.8 Å². The molecule has 0 aliphatic heterocycles. The zero-order valence-corrected chi connectivity index (χ0v) is 12.6. The Morgan fingerprint density at radius 2 is 2.19 bits per heavy atom. The number of amides is 1. The molecule has 2 aromatic rings. The Hall–Kier alpha value is -2.14. The van der Waals surface area contributed by atoms with Crippen molar-refractivity contribution in [1.29, 1.82) is 0 Å². The Kier molecular flexibility index (Phi) is 5.11. The van der Waals surface area contributed by atoms with Crippen molar-refractivity contribution in [3.8, 4) is 0 Å². The van der Waals surface area contributed by atoms with E-state index in [1.807, 2.05) is 38.1 Å². The normalized spacial score (nSPS) is 10.6. The first kappa shape index (κ1) is 15.3. The highest BCUT2D eigenvalue weighted by Gasteiger charge is 2.15. The summed E-state index contributed by atoms with van der Waals surface area (Å²) in [5.41, 5.74) is 9.16. The van der Waals surface area contributed by atoms with Crippen LogP contribution in [0.2, 0.25) is 0 Å². The molecule has 0 bridgehead atoms. The van der Waals surface area contributed by atoms with Crippen LogP contribution in [-0.4, -0.2) is 28.5 Å². The fraction of sp³-hybridized carbons (Fsp3) is 0.375. The van der Waals surface area contributed by atoms with Gasteiger partial charge in [0.25, 0.3) is 5.91 Å². The standard InChI is InChI=1S/C16H22N4O/c1-12-10-15(16(21)19-9-5-7-17)13(2)20(12)11-14-6-3-4-8-18-14/h3-4,6,8,10H,5,7,9,11,17H2,1-2H3,(H,19,21). The average molecular weight is 286 g/mol. The first-order valence-corrected chi connectivity index (χ1v) is 7.18. The molecule has 112 valence electrons. The number of aryl methyl sites for hydroxylation is 1. The molecule has 0 unspecified atom stereocenters. The molecule has 3 N–H and O–H groups in total. The molecule has 0 aliphatic rings. The highest BCUT2D eigenvalue weighted by atomic mass is 16.1. The summed E-state index contributed by atoms with van der Waals surface area (Å²) >= 11 is 0. The Balaban J connectivity index is 2.15. The van der Waals surface area contributed by atoms with E-state index in [0.717, 1.165) is 29.1 Å². The average Bonchev–Trinajstić information content (AvgIpc) is 2.77. The van der Waals surface area contributed by atoms with Gasteiger partial charge in [-0.1, -0.05) is 6.07 Å². The van der Waals surface area contributed by atoms with E-state index in [4.69, 9.17) is 5.73 Å². The number of carbonyl (C=O) groups is 1. The number of carbonyl (C=O) groups excluding carboxylic acids is 1. The third-order valence-corrected chi connectivity index (χ3v) is 3.53. The van der Waals surface area contributed by atoms with Gasteiger partial charge in [-0.05, 0) is 45.0 Å². The van der Waals surface area contributed by atoms with Gasteiger partial charge in [0.2, 0.25) is 0 Å². The van der Waals surface area contributed by atoms with Gasteiger partial charge in [0, 0.05) is 24.1 Å². The molecule has 0 fully saturated rings. The van der Waals surface area contributed by atoms with Crippen molar-refractivity contribution in [1.82, 2.24) is 14.9 Å². The van der Waals surface area contributed by atoms with Crippen LogP contribution in [0.5, 0.6) is 0 Å². The summed E-state index contributed by atoms with van der Waals surface area (Å²) in [7, 11) is 0. The first-order chi connectivity index (χ1) is 10.1. The quantitative estimate of drug-likeness (QED) is 0.793. The van der Waals surface area contributed by atoms with Crippen molar-refractivity contribution < 1.29 is 4.79 Å². The van der Waals surface area contributed by atoms with Gasteiger partial charge >= 0.3 is 0 Å². The summed E-state index contributed by atoms with van der Waals surface area (Å²) < 4.78 is 2.11. The molecule has 0 radical (unpaired) electrons. The minimum absolute atomic E-state index is 0.0381. The summed E-state index contributed by atoms with van der Waals surface area (Å²) in [6.45, 7) is 5.84. The SMILES string of the molecule is Cc1cc(C(=O)NCCCN)c(C)n1Cc1ccccn1. The largest absolute Gasteiger partial charge is 0.352 e. The van der Waals surface area contributed by atoms with Crippen LogP contribution in [0.4, 0.5) is 0 Å². The molecule has 2 rings (SSSR count). The molecule has 1 amide bonds. The second kappa shape index (κ2) is 7.04. The maximum absolute atomic E-state index is 12.2. The fourth-order valence-corrected chi connectivity index (χ4v) is 2.33. The highest BCUT2D eigenvalue weighted by molar-refractivity contribution is 5.95. The van der Waals surface area contributed by atoms with Gasteiger partial charge in [-0.2, -0.15) is 0 Å². The number of hydrogen-bond acceptors (Lipinski definition) is 3. The van der Waals surface area contributed by atoms with Gasteiger partial charge < -0.3 is 15.6 Å². The van der Waals surface area contributed by atoms with Crippen LogP contribution in [-0.2, 0) is 6.54 Å². The van der Waals surface area contributed by atoms with Crippen LogP contribution < -0.4 is 11.1 Å². The second-order valence-electron chi connectivity index (χ2n) is 5.09. The molecule has 5 nitrogen and oxygen atoms in total. The molecule has 2 heterocycles. The minimum atomic E-state index is -0.0381. The lowest BCUT2D eigenvalue weighted by molar-refractivity contribution is 0.0953. The van der Waals surface area contributed by atoms with Crippen molar-refractivity contribution in [2.24, 2.45) is 5.73 Å². The topological polar surface area (TPSA) is 72.9 Å². The third kappa shape index (κ3) is 3.70. The molecule has 0 aromatic carbocycles.